The van der Waals surface area contributed by atoms with Crippen LogP contribution in [0.15, 0.2) is 22.3 Å². The number of ether oxygens (including phenoxy) is 3. The molecule has 2 aromatic heterocycles. The molecule has 2 atom stereocenters. The fourth-order valence-electron chi connectivity index (χ4n) is 3.48. The van der Waals surface area contributed by atoms with Crippen LogP contribution >= 0.6 is 22.7 Å². The summed E-state index contributed by atoms with van der Waals surface area (Å²) in [6.07, 6.45) is 0.855. The molecule has 11 heteroatoms. The summed E-state index contributed by atoms with van der Waals surface area (Å²) in [4.78, 5) is 39.7. The van der Waals surface area contributed by atoms with Crippen LogP contribution in [0.2, 0.25) is 0 Å². The Kier molecular flexibility index (Phi) is 7.59. The van der Waals surface area contributed by atoms with Gasteiger partial charge in [-0.3, -0.25) is 9.89 Å². The molecular formula is C23H30N4O5S2. The summed E-state index contributed by atoms with van der Waals surface area (Å²) in [5.41, 5.74) is -0.224. The standard InChI is InChI=1S/C23H30N4O5S2/c1-9-30-20(28)16-12-34-18(26-16)13(2)24-10-15-11-33-19(25-15)17-14(3)31-23(7,8)27(17)21(29)32-22(4,5)6/h10-12,14,17H,2,9H2,1,3-8H3/t14-,17+/m1/s1. The van der Waals surface area contributed by atoms with Gasteiger partial charge in [0.1, 0.15) is 27.4 Å². The van der Waals surface area contributed by atoms with Crippen LogP contribution < -0.4 is 0 Å². The lowest BCUT2D eigenvalue weighted by atomic mass is 10.1. The highest BCUT2D eigenvalue weighted by Crippen LogP contribution is 2.43. The Morgan fingerprint density at radius 2 is 2.00 bits per heavy atom. The Bertz CT molecular complexity index is 1100. The van der Waals surface area contributed by atoms with Crippen LogP contribution in [-0.2, 0) is 14.2 Å². The number of carbonyl (C=O) groups is 2. The molecule has 3 rings (SSSR count). The quantitative estimate of drug-likeness (QED) is 0.387. The first kappa shape index (κ1) is 26.0. The SMILES string of the molecule is C=C(N=Cc1csc([C@@H]2[C@@H](C)OC(C)(C)N2C(=O)OC(C)(C)C)n1)c1nc(C(=O)OCC)cs1. The molecule has 0 N–H and O–H groups in total. The van der Waals surface area contributed by atoms with E-state index in [2.05, 4.69) is 21.5 Å². The minimum Gasteiger partial charge on any atom is -0.461 e. The molecule has 1 aliphatic rings. The number of hydrogen-bond acceptors (Lipinski definition) is 10. The molecule has 3 heterocycles. The van der Waals surface area contributed by atoms with Crippen molar-refractivity contribution in [2.75, 3.05) is 6.61 Å². The van der Waals surface area contributed by atoms with E-state index >= 15 is 0 Å². The van der Waals surface area contributed by atoms with Gasteiger partial charge in [-0.15, -0.1) is 22.7 Å². The fourth-order valence-corrected chi connectivity index (χ4v) is 5.14. The molecule has 1 fully saturated rings. The highest BCUT2D eigenvalue weighted by molar-refractivity contribution is 7.11. The van der Waals surface area contributed by atoms with Crippen LogP contribution in [0.3, 0.4) is 0 Å². The molecule has 0 unspecified atom stereocenters. The van der Waals surface area contributed by atoms with Crippen LogP contribution in [0.25, 0.3) is 5.70 Å². The van der Waals surface area contributed by atoms with Crippen molar-refractivity contribution in [2.24, 2.45) is 4.99 Å². The van der Waals surface area contributed by atoms with E-state index in [1.54, 1.807) is 23.4 Å². The summed E-state index contributed by atoms with van der Waals surface area (Å²) < 4.78 is 16.7. The van der Waals surface area contributed by atoms with Crippen molar-refractivity contribution in [3.63, 3.8) is 0 Å². The van der Waals surface area contributed by atoms with Gasteiger partial charge in [0.05, 0.1) is 30.3 Å². The smallest absolute Gasteiger partial charge is 0.413 e. The second kappa shape index (κ2) is 9.93. The maximum atomic E-state index is 13.0. The number of aromatic nitrogens is 2. The highest BCUT2D eigenvalue weighted by Gasteiger charge is 2.51. The zero-order valence-electron chi connectivity index (χ0n) is 20.4. The summed E-state index contributed by atoms with van der Waals surface area (Å²) in [5, 5.41) is 4.70. The molecule has 34 heavy (non-hydrogen) atoms. The molecule has 184 valence electrons. The molecule has 0 aliphatic carbocycles. The molecule has 0 bridgehead atoms. The van der Waals surface area contributed by atoms with E-state index < -0.39 is 29.4 Å². The van der Waals surface area contributed by atoms with Gasteiger partial charge in [-0.05, 0) is 48.5 Å². The summed E-state index contributed by atoms with van der Waals surface area (Å²) in [7, 11) is 0. The number of hydrogen-bond donors (Lipinski definition) is 0. The van der Waals surface area contributed by atoms with Crippen LogP contribution in [0.4, 0.5) is 4.79 Å². The lowest BCUT2D eigenvalue weighted by Gasteiger charge is -2.34. The summed E-state index contributed by atoms with van der Waals surface area (Å²) >= 11 is 2.68. The lowest BCUT2D eigenvalue weighted by Crippen LogP contribution is -2.47. The molecule has 9 nitrogen and oxygen atoms in total. The van der Waals surface area contributed by atoms with Gasteiger partial charge in [0.25, 0.3) is 0 Å². The molecule has 0 radical (unpaired) electrons. The Morgan fingerprint density at radius 3 is 2.65 bits per heavy atom. The van der Waals surface area contributed by atoms with Crippen LogP contribution in [-0.4, -0.2) is 57.2 Å². The van der Waals surface area contributed by atoms with Crippen LogP contribution in [0.5, 0.6) is 0 Å². The number of nitrogens with zero attached hydrogens (tertiary/aromatic N) is 4. The van der Waals surface area contributed by atoms with Gasteiger partial charge in [-0.25, -0.2) is 19.6 Å². The first-order valence-corrected chi connectivity index (χ1v) is 12.6. The number of rotatable bonds is 6. The highest BCUT2D eigenvalue weighted by atomic mass is 32.1. The molecule has 1 saturated heterocycles. The molecule has 0 spiro atoms. The van der Waals surface area contributed by atoms with Gasteiger partial charge in [-0.1, -0.05) is 6.58 Å². The second-order valence-corrected chi connectivity index (χ2v) is 10.9. The average Bonchev–Trinajstić information content (AvgIpc) is 3.42. The van der Waals surface area contributed by atoms with Crippen molar-refractivity contribution in [1.82, 2.24) is 14.9 Å². The van der Waals surface area contributed by atoms with Crippen LogP contribution in [0.1, 0.15) is 80.7 Å². The summed E-state index contributed by atoms with van der Waals surface area (Å²) in [5.74, 6) is -0.476. The fraction of sp³-hybridized carbons (Fsp3) is 0.522. The van der Waals surface area contributed by atoms with Crippen molar-refractivity contribution in [3.8, 4) is 0 Å². The summed E-state index contributed by atoms with van der Waals surface area (Å²) in [6, 6.07) is -0.397. The van der Waals surface area contributed by atoms with E-state index in [0.717, 1.165) is 5.01 Å². The van der Waals surface area contributed by atoms with Crippen LogP contribution in [0, 0.1) is 0 Å². The number of amides is 1. The Morgan fingerprint density at radius 1 is 1.29 bits per heavy atom. The van der Waals surface area contributed by atoms with E-state index in [1.165, 1.54) is 22.7 Å². The van der Waals surface area contributed by atoms with Crippen molar-refractivity contribution >= 4 is 46.6 Å². The van der Waals surface area contributed by atoms with Gasteiger partial charge in [0, 0.05) is 10.8 Å². The summed E-state index contributed by atoms with van der Waals surface area (Å²) in [6.45, 7) is 17.0. The lowest BCUT2D eigenvalue weighted by molar-refractivity contribution is -0.0757. The van der Waals surface area contributed by atoms with E-state index in [4.69, 9.17) is 14.2 Å². The van der Waals surface area contributed by atoms with Gasteiger partial charge < -0.3 is 14.2 Å². The number of esters is 1. The maximum Gasteiger partial charge on any atom is 0.413 e. The Labute approximate surface area is 207 Å². The number of aliphatic imine (C=N–C) groups is 1. The minimum atomic E-state index is -0.845. The predicted molar refractivity (Wildman–Crippen MR) is 132 cm³/mol. The second-order valence-electron chi connectivity index (χ2n) is 9.14. The van der Waals surface area contributed by atoms with Gasteiger partial charge in [-0.2, -0.15) is 0 Å². The van der Waals surface area contributed by atoms with Crippen molar-refractivity contribution in [2.45, 2.75) is 71.9 Å². The first-order valence-electron chi connectivity index (χ1n) is 10.8. The van der Waals surface area contributed by atoms with Crippen molar-refractivity contribution < 1.29 is 23.8 Å². The van der Waals surface area contributed by atoms with Crippen molar-refractivity contribution in [1.29, 1.82) is 0 Å². The van der Waals surface area contributed by atoms with Gasteiger partial charge >= 0.3 is 12.1 Å². The third-order valence-electron chi connectivity index (χ3n) is 4.75. The minimum absolute atomic E-state index is 0.231. The Hall–Kier alpha value is -2.63. The monoisotopic (exact) mass is 506 g/mol. The van der Waals surface area contributed by atoms with E-state index in [1.807, 2.05) is 46.9 Å². The zero-order chi connectivity index (χ0) is 25.3. The third kappa shape index (κ3) is 5.89. The molecular weight excluding hydrogens is 476 g/mol. The predicted octanol–water partition coefficient (Wildman–Crippen LogP) is 5.30. The van der Waals surface area contributed by atoms with E-state index in [0.29, 0.717) is 16.4 Å². The number of thiazole rings is 2. The molecule has 1 aliphatic heterocycles. The van der Waals surface area contributed by atoms with Gasteiger partial charge in [0.15, 0.2) is 5.69 Å². The topological polar surface area (TPSA) is 103 Å². The van der Waals surface area contributed by atoms with Crippen molar-refractivity contribution in [3.05, 3.63) is 38.7 Å². The van der Waals surface area contributed by atoms with E-state index in [9.17, 15) is 9.59 Å². The molecule has 1 amide bonds. The molecule has 0 saturated carbocycles. The maximum absolute atomic E-state index is 13.0. The normalized spacial score (nSPS) is 20.0. The average molecular weight is 507 g/mol. The molecule has 0 aromatic carbocycles. The third-order valence-corrected chi connectivity index (χ3v) is 6.57. The number of carbonyl (C=O) groups excluding carboxylic acids is 2. The van der Waals surface area contributed by atoms with E-state index in [-0.39, 0.29) is 18.4 Å². The first-order chi connectivity index (χ1) is 15.8. The van der Waals surface area contributed by atoms with Gasteiger partial charge in [0.2, 0.25) is 0 Å². The zero-order valence-corrected chi connectivity index (χ0v) is 22.1. The molecule has 2 aromatic rings. The largest absolute Gasteiger partial charge is 0.461 e. The Balaban J connectivity index is 1.77.